The molecule has 6 heteroatoms. The van der Waals surface area contributed by atoms with Crippen LogP contribution < -0.4 is 0 Å². The maximum Gasteiger partial charge on any atom is 0.211 e. The fourth-order valence-electron chi connectivity index (χ4n) is 1.71. The minimum atomic E-state index is -3.19. The molecule has 1 unspecified atom stereocenters. The Bertz CT molecular complexity index is 326. The van der Waals surface area contributed by atoms with Gasteiger partial charge in [-0.1, -0.05) is 13.8 Å². The van der Waals surface area contributed by atoms with E-state index in [1.807, 2.05) is 13.8 Å². The molecule has 0 fully saturated rings. The van der Waals surface area contributed by atoms with Gasteiger partial charge in [0, 0.05) is 13.6 Å². The van der Waals surface area contributed by atoms with Crippen LogP contribution in [0.4, 0.5) is 0 Å². The third-order valence-electron chi connectivity index (χ3n) is 2.92. The van der Waals surface area contributed by atoms with Crippen molar-refractivity contribution in [1.82, 2.24) is 4.31 Å². The highest BCUT2D eigenvalue weighted by atomic mass is 32.2. The molecule has 0 aromatic heterocycles. The van der Waals surface area contributed by atoms with Crippen LogP contribution in [0.25, 0.3) is 0 Å². The molecule has 0 aliphatic carbocycles. The largest absolute Gasteiger partial charge is 0.375 e. The predicted octanol–water partition coefficient (Wildman–Crippen LogP) is 1.88. The average molecular weight is 295 g/mol. The number of ether oxygens (including phenoxy) is 2. The van der Waals surface area contributed by atoms with E-state index in [0.29, 0.717) is 13.2 Å². The maximum absolute atomic E-state index is 11.4. The summed E-state index contributed by atoms with van der Waals surface area (Å²) in [4.78, 5) is 0. The number of sulfonamides is 1. The molecular formula is C13H29NO4S. The van der Waals surface area contributed by atoms with Gasteiger partial charge in [-0.05, 0) is 26.7 Å². The zero-order valence-corrected chi connectivity index (χ0v) is 13.9. The Hall–Kier alpha value is -0.170. The maximum atomic E-state index is 11.4. The zero-order valence-electron chi connectivity index (χ0n) is 13.0. The van der Waals surface area contributed by atoms with E-state index < -0.39 is 10.0 Å². The average Bonchev–Trinajstić information content (AvgIpc) is 2.27. The van der Waals surface area contributed by atoms with E-state index >= 15 is 0 Å². The Morgan fingerprint density at radius 1 is 1.11 bits per heavy atom. The summed E-state index contributed by atoms with van der Waals surface area (Å²) in [6.07, 6.45) is 3.12. The van der Waals surface area contributed by atoms with Gasteiger partial charge in [-0.3, -0.25) is 0 Å². The normalized spacial score (nSPS) is 14.6. The summed E-state index contributed by atoms with van der Waals surface area (Å²) in [5.74, 6) is 0. The Labute approximate surface area is 118 Å². The van der Waals surface area contributed by atoms with Crippen molar-refractivity contribution in [3.63, 3.8) is 0 Å². The van der Waals surface area contributed by atoms with E-state index in [1.54, 1.807) is 7.05 Å². The molecule has 0 bridgehead atoms. The van der Waals surface area contributed by atoms with Crippen molar-refractivity contribution < 1.29 is 17.9 Å². The van der Waals surface area contributed by atoms with Gasteiger partial charge >= 0.3 is 0 Å². The first kappa shape index (κ1) is 18.8. The molecule has 1 atom stereocenters. The second kappa shape index (κ2) is 8.89. The van der Waals surface area contributed by atoms with E-state index in [0.717, 1.165) is 12.8 Å². The minimum Gasteiger partial charge on any atom is -0.375 e. The first-order valence-electron chi connectivity index (χ1n) is 6.89. The SMILES string of the molecule is CCC(CC)OCC(CN(C)S(C)(=O)=O)OC(C)C. The number of likely N-dealkylation sites (N-methyl/N-ethyl adjacent to an activating group) is 1. The summed E-state index contributed by atoms with van der Waals surface area (Å²) in [6, 6.07) is 0. The van der Waals surface area contributed by atoms with Crippen LogP contribution in [-0.4, -0.2) is 57.5 Å². The highest BCUT2D eigenvalue weighted by Crippen LogP contribution is 2.08. The number of hydrogen-bond donors (Lipinski definition) is 0. The highest BCUT2D eigenvalue weighted by molar-refractivity contribution is 7.88. The molecule has 0 N–H and O–H groups in total. The van der Waals surface area contributed by atoms with Crippen LogP contribution in [0.5, 0.6) is 0 Å². The summed E-state index contributed by atoms with van der Waals surface area (Å²) >= 11 is 0. The molecule has 0 aromatic rings. The second-order valence-corrected chi connectivity index (χ2v) is 7.21. The van der Waals surface area contributed by atoms with E-state index in [2.05, 4.69) is 13.8 Å². The topological polar surface area (TPSA) is 55.8 Å². The van der Waals surface area contributed by atoms with Gasteiger partial charge in [-0.2, -0.15) is 0 Å². The van der Waals surface area contributed by atoms with Crippen LogP contribution in [0, 0.1) is 0 Å². The van der Waals surface area contributed by atoms with Crippen LogP contribution >= 0.6 is 0 Å². The molecule has 0 aliphatic heterocycles. The van der Waals surface area contributed by atoms with E-state index in [1.165, 1.54) is 10.6 Å². The number of nitrogens with zero attached hydrogens (tertiary/aromatic N) is 1. The van der Waals surface area contributed by atoms with Gasteiger partial charge in [0.2, 0.25) is 10.0 Å². The monoisotopic (exact) mass is 295 g/mol. The molecule has 0 saturated carbocycles. The van der Waals surface area contributed by atoms with Gasteiger partial charge in [0.15, 0.2) is 0 Å². The van der Waals surface area contributed by atoms with Crippen LogP contribution in [0.3, 0.4) is 0 Å². The molecule has 0 spiro atoms. The minimum absolute atomic E-state index is 0.0447. The smallest absolute Gasteiger partial charge is 0.211 e. The fraction of sp³-hybridized carbons (Fsp3) is 1.00. The van der Waals surface area contributed by atoms with E-state index in [9.17, 15) is 8.42 Å². The standard InChI is InChI=1S/C13H29NO4S/c1-7-12(8-2)17-10-13(18-11(3)4)9-14(5)19(6,15)16/h11-13H,7-10H2,1-6H3. The number of hydrogen-bond acceptors (Lipinski definition) is 4. The summed E-state index contributed by atoms with van der Waals surface area (Å²) in [5.41, 5.74) is 0. The third kappa shape index (κ3) is 8.57. The molecule has 0 amide bonds. The van der Waals surface area contributed by atoms with Crippen molar-refractivity contribution in [2.45, 2.75) is 58.8 Å². The molecule has 5 nitrogen and oxygen atoms in total. The molecule has 0 heterocycles. The van der Waals surface area contributed by atoms with E-state index in [-0.39, 0.29) is 18.3 Å². The van der Waals surface area contributed by atoms with Crippen molar-refractivity contribution in [2.24, 2.45) is 0 Å². The summed E-state index contributed by atoms with van der Waals surface area (Å²) in [6.45, 7) is 8.76. The highest BCUT2D eigenvalue weighted by Gasteiger charge is 2.20. The lowest BCUT2D eigenvalue weighted by atomic mass is 10.2. The Morgan fingerprint density at radius 2 is 1.63 bits per heavy atom. The molecule has 0 aromatic carbocycles. The molecule has 0 saturated heterocycles. The van der Waals surface area contributed by atoms with Crippen molar-refractivity contribution >= 4 is 10.0 Å². The molecule has 0 aliphatic rings. The third-order valence-corrected chi connectivity index (χ3v) is 4.20. The van der Waals surface area contributed by atoms with Gasteiger partial charge in [-0.25, -0.2) is 12.7 Å². The van der Waals surface area contributed by atoms with Crippen molar-refractivity contribution in [1.29, 1.82) is 0 Å². The lowest BCUT2D eigenvalue weighted by Crippen LogP contribution is -2.39. The molecule has 116 valence electrons. The van der Waals surface area contributed by atoms with Crippen molar-refractivity contribution in [2.75, 3.05) is 26.5 Å². The summed E-state index contributed by atoms with van der Waals surface area (Å²) in [5, 5.41) is 0. The quantitative estimate of drug-likeness (QED) is 0.617. The van der Waals surface area contributed by atoms with Crippen LogP contribution in [0.15, 0.2) is 0 Å². The van der Waals surface area contributed by atoms with Gasteiger partial charge in [0.25, 0.3) is 0 Å². The van der Waals surface area contributed by atoms with Crippen molar-refractivity contribution in [3.8, 4) is 0 Å². The van der Waals surface area contributed by atoms with Crippen molar-refractivity contribution in [3.05, 3.63) is 0 Å². The summed E-state index contributed by atoms with van der Waals surface area (Å²) in [7, 11) is -1.63. The van der Waals surface area contributed by atoms with Gasteiger partial charge in [0.1, 0.15) is 0 Å². The first-order chi connectivity index (χ1) is 8.70. The Morgan fingerprint density at radius 3 is 2.00 bits per heavy atom. The fourth-order valence-corrected chi connectivity index (χ4v) is 2.15. The Kier molecular flexibility index (Phi) is 8.81. The lowest BCUT2D eigenvalue weighted by Gasteiger charge is -2.26. The van der Waals surface area contributed by atoms with Crippen LogP contribution in [-0.2, 0) is 19.5 Å². The van der Waals surface area contributed by atoms with Gasteiger partial charge in [-0.15, -0.1) is 0 Å². The van der Waals surface area contributed by atoms with E-state index in [4.69, 9.17) is 9.47 Å². The number of rotatable bonds is 10. The van der Waals surface area contributed by atoms with Gasteiger partial charge < -0.3 is 9.47 Å². The van der Waals surface area contributed by atoms with Gasteiger partial charge in [0.05, 0.1) is 31.2 Å². The lowest BCUT2D eigenvalue weighted by molar-refractivity contribution is -0.0699. The first-order valence-corrected chi connectivity index (χ1v) is 8.73. The summed E-state index contributed by atoms with van der Waals surface area (Å²) < 4.78 is 35.7. The molecule has 0 rings (SSSR count). The molecular weight excluding hydrogens is 266 g/mol. The van der Waals surface area contributed by atoms with Crippen LogP contribution in [0.2, 0.25) is 0 Å². The second-order valence-electron chi connectivity index (χ2n) is 5.12. The zero-order chi connectivity index (χ0) is 15.1. The predicted molar refractivity (Wildman–Crippen MR) is 77.8 cm³/mol. The van der Waals surface area contributed by atoms with Crippen LogP contribution in [0.1, 0.15) is 40.5 Å². The molecule has 19 heavy (non-hydrogen) atoms. The molecule has 0 radical (unpaired) electrons. The Balaban J connectivity index is 4.46.